The summed E-state index contributed by atoms with van der Waals surface area (Å²) in [5, 5.41) is 3.95. The van der Waals surface area contributed by atoms with E-state index in [1.807, 2.05) is 48.5 Å². The lowest BCUT2D eigenvalue weighted by atomic mass is 9.97. The molecule has 0 bridgehead atoms. The van der Waals surface area contributed by atoms with Crippen LogP contribution in [0.4, 0.5) is 0 Å². The van der Waals surface area contributed by atoms with Gasteiger partial charge in [0.1, 0.15) is 5.75 Å². The predicted octanol–water partition coefficient (Wildman–Crippen LogP) is 3.74. The Balaban J connectivity index is 1.25. The first-order valence-electron chi connectivity index (χ1n) is 10.8. The Kier molecular flexibility index (Phi) is 7.14. The lowest BCUT2D eigenvalue weighted by Crippen LogP contribution is -2.39. The summed E-state index contributed by atoms with van der Waals surface area (Å²) in [5.74, 6) is 0.571. The van der Waals surface area contributed by atoms with Crippen LogP contribution in [0.3, 0.4) is 0 Å². The smallest absolute Gasteiger partial charge is 0.309 e. The van der Waals surface area contributed by atoms with Gasteiger partial charge in [-0.05, 0) is 36.6 Å². The molecule has 0 N–H and O–H groups in total. The van der Waals surface area contributed by atoms with Gasteiger partial charge in [0.15, 0.2) is 6.61 Å². The van der Waals surface area contributed by atoms with Crippen LogP contribution in [-0.2, 0) is 20.9 Å². The first-order chi connectivity index (χ1) is 16.1. The lowest BCUT2D eigenvalue weighted by Gasteiger charge is -2.30. The molecule has 1 amide bonds. The molecule has 1 aliphatic rings. The van der Waals surface area contributed by atoms with Crippen molar-refractivity contribution < 1.29 is 23.6 Å². The van der Waals surface area contributed by atoms with Gasteiger partial charge in [-0.1, -0.05) is 47.6 Å². The fourth-order valence-electron chi connectivity index (χ4n) is 3.68. The molecule has 2 heterocycles. The number of hydrogen-bond acceptors (Lipinski definition) is 7. The minimum Gasteiger partial charge on any atom is -0.496 e. The molecule has 0 radical (unpaired) electrons. The summed E-state index contributed by atoms with van der Waals surface area (Å²) >= 11 is 0. The highest BCUT2D eigenvalue weighted by Crippen LogP contribution is 2.27. The van der Waals surface area contributed by atoms with E-state index < -0.39 is 0 Å². The Morgan fingerprint density at radius 1 is 1.09 bits per heavy atom. The highest BCUT2D eigenvalue weighted by molar-refractivity contribution is 5.92. The molecule has 1 aromatic heterocycles. The van der Waals surface area contributed by atoms with Crippen molar-refractivity contribution in [1.29, 1.82) is 0 Å². The van der Waals surface area contributed by atoms with E-state index >= 15 is 0 Å². The Labute approximate surface area is 191 Å². The number of carbonyl (C=O) groups is 2. The third-order valence-corrected chi connectivity index (χ3v) is 5.51. The zero-order valence-electron chi connectivity index (χ0n) is 18.3. The Hall–Kier alpha value is -3.94. The number of rotatable bonds is 7. The molecule has 8 heteroatoms. The molecule has 0 spiro atoms. The van der Waals surface area contributed by atoms with Crippen molar-refractivity contribution in [3.63, 3.8) is 0 Å². The largest absolute Gasteiger partial charge is 0.496 e. The second-order valence-corrected chi connectivity index (χ2v) is 7.66. The van der Waals surface area contributed by atoms with E-state index in [2.05, 4.69) is 10.1 Å². The first-order valence-corrected chi connectivity index (χ1v) is 10.8. The quantitative estimate of drug-likeness (QED) is 0.402. The van der Waals surface area contributed by atoms with Gasteiger partial charge in [0.25, 0.3) is 5.89 Å². The van der Waals surface area contributed by atoms with Gasteiger partial charge in [-0.15, -0.1) is 0 Å². The summed E-state index contributed by atoms with van der Waals surface area (Å²) in [4.78, 5) is 30.9. The zero-order valence-corrected chi connectivity index (χ0v) is 18.3. The SMILES string of the molecule is COc1ccccc1-c1noc(COC(=O)C2CCN(C(=O)/C=C/c3ccccc3)CC2)n1. The van der Waals surface area contributed by atoms with Crippen LogP contribution in [0.25, 0.3) is 17.5 Å². The second-order valence-electron chi connectivity index (χ2n) is 7.66. The molecule has 1 fully saturated rings. The standard InChI is InChI=1S/C25H25N3O5/c1-31-21-10-6-5-9-20(21)24-26-22(33-27-24)17-32-25(30)19-13-15-28(16-14-19)23(29)12-11-18-7-3-2-4-8-18/h2-12,19H,13-17H2,1H3/b12-11+. The molecule has 2 aromatic carbocycles. The van der Waals surface area contributed by atoms with E-state index in [0.717, 1.165) is 5.56 Å². The molecule has 0 aliphatic carbocycles. The molecule has 170 valence electrons. The number of nitrogens with zero attached hydrogens (tertiary/aromatic N) is 3. The summed E-state index contributed by atoms with van der Waals surface area (Å²) in [6.45, 7) is 0.923. The van der Waals surface area contributed by atoms with Gasteiger partial charge in [-0.3, -0.25) is 9.59 Å². The van der Waals surface area contributed by atoms with Gasteiger partial charge < -0.3 is 18.9 Å². The number of esters is 1. The number of aromatic nitrogens is 2. The number of piperidine rings is 1. The summed E-state index contributed by atoms with van der Waals surface area (Å²) in [7, 11) is 1.57. The Bertz CT molecular complexity index is 1120. The lowest BCUT2D eigenvalue weighted by molar-refractivity contribution is -0.153. The van der Waals surface area contributed by atoms with Crippen molar-refractivity contribution in [3.8, 4) is 17.1 Å². The average molecular weight is 447 g/mol. The molecule has 1 aliphatic heterocycles. The van der Waals surface area contributed by atoms with Gasteiger partial charge in [0.05, 0.1) is 18.6 Å². The van der Waals surface area contributed by atoms with Gasteiger partial charge in [0, 0.05) is 19.2 Å². The number of amides is 1. The van der Waals surface area contributed by atoms with E-state index in [4.69, 9.17) is 14.0 Å². The second kappa shape index (κ2) is 10.6. The number of ether oxygens (including phenoxy) is 2. The number of hydrogen-bond donors (Lipinski definition) is 0. The van der Waals surface area contributed by atoms with Crippen molar-refractivity contribution in [1.82, 2.24) is 15.0 Å². The molecule has 4 rings (SSSR count). The third-order valence-electron chi connectivity index (χ3n) is 5.51. The summed E-state index contributed by atoms with van der Waals surface area (Å²) in [6.07, 6.45) is 4.48. The van der Waals surface area contributed by atoms with E-state index in [9.17, 15) is 9.59 Å². The van der Waals surface area contributed by atoms with Gasteiger partial charge in [0.2, 0.25) is 11.7 Å². The molecule has 3 aromatic rings. The van der Waals surface area contributed by atoms with Crippen LogP contribution >= 0.6 is 0 Å². The van der Waals surface area contributed by atoms with Gasteiger partial charge >= 0.3 is 5.97 Å². The maximum absolute atomic E-state index is 12.5. The topological polar surface area (TPSA) is 94.8 Å². The highest BCUT2D eigenvalue weighted by atomic mass is 16.6. The monoisotopic (exact) mass is 447 g/mol. The zero-order chi connectivity index (χ0) is 23.0. The molecule has 8 nitrogen and oxygen atoms in total. The molecular weight excluding hydrogens is 422 g/mol. The van der Waals surface area contributed by atoms with Crippen molar-refractivity contribution in [2.45, 2.75) is 19.4 Å². The molecule has 0 atom stereocenters. The van der Waals surface area contributed by atoms with Crippen LogP contribution in [0.5, 0.6) is 5.75 Å². The fraction of sp³-hybridized carbons (Fsp3) is 0.280. The minimum atomic E-state index is -0.320. The number of benzene rings is 2. The maximum atomic E-state index is 12.5. The van der Waals surface area contributed by atoms with Crippen LogP contribution in [0, 0.1) is 5.92 Å². The van der Waals surface area contributed by atoms with Crippen LogP contribution in [0.2, 0.25) is 0 Å². The van der Waals surface area contributed by atoms with Gasteiger partial charge in [-0.2, -0.15) is 4.98 Å². The Morgan fingerprint density at radius 2 is 1.82 bits per heavy atom. The molecule has 0 saturated carbocycles. The molecule has 33 heavy (non-hydrogen) atoms. The average Bonchev–Trinajstić information content (AvgIpc) is 3.35. The number of carbonyl (C=O) groups excluding carboxylic acids is 2. The number of methoxy groups -OCH3 is 1. The molecular formula is C25H25N3O5. The summed E-state index contributed by atoms with van der Waals surface area (Å²) in [5.41, 5.74) is 1.67. The Morgan fingerprint density at radius 3 is 2.58 bits per heavy atom. The third kappa shape index (κ3) is 5.65. The van der Waals surface area contributed by atoms with E-state index in [0.29, 0.717) is 43.1 Å². The van der Waals surface area contributed by atoms with Crippen molar-refractivity contribution >= 4 is 18.0 Å². The molecule has 1 saturated heterocycles. The number of likely N-dealkylation sites (tertiary alicyclic amines) is 1. The van der Waals surface area contributed by atoms with E-state index in [-0.39, 0.29) is 30.3 Å². The van der Waals surface area contributed by atoms with Crippen LogP contribution in [0.1, 0.15) is 24.3 Å². The minimum absolute atomic E-state index is 0.0552. The van der Waals surface area contributed by atoms with Crippen LogP contribution in [0.15, 0.2) is 65.2 Å². The molecule has 0 unspecified atom stereocenters. The fourth-order valence-corrected chi connectivity index (χ4v) is 3.68. The summed E-state index contributed by atoms with van der Waals surface area (Å²) in [6, 6.07) is 17.0. The van der Waals surface area contributed by atoms with E-state index in [1.54, 1.807) is 30.2 Å². The highest BCUT2D eigenvalue weighted by Gasteiger charge is 2.28. The van der Waals surface area contributed by atoms with Crippen LogP contribution < -0.4 is 4.74 Å². The van der Waals surface area contributed by atoms with Gasteiger partial charge in [-0.25, -0.2) is 0 Å². The summed E-state index contributed by atoms with van der Waals surface area (Å²) < 4.78 is 15.9. The van der Waals surface area contributed by atoms with Crippen molar-refractivity contribution in [3.05, 3.63) is 72.1 Å². The van der Waals surface area contributed by atoms with E-state index in [1.165, 1.54) is 0 Å². The van der Waals surface area contributed by atoms with Crippen molar-refractivity contribution in [2.75, 3.05) is 20.2 Å². The van der Waals surface area contributed by atoms with Crippen LogP contribution in [-0.4, -0.2) is 47.1 Å². The predicted molar refractivity (Wildman–Crippen MR) is 121 cm³/mol. The normalized spacial score (nSPS) is 14.4. The maximum Gasteiger partial charge on any atom is 0.309 e. The number of para-hydroxylation sites is 1. The first kappa shape index (κ1) is 22.3. The van der Waals surface area contributed by atoms with Crippen molar-refractivity contribution in [2.24, 2.45) is 5.92 Å².